The Bertz CT molecular complexity index is 887. The molecule has 1 aliphatic heterocycles. The summed E-state index contributed by atoms with van der Waals surface area (Å²) in [6, 6.07) is 13.1. The predicted molar refractivity (Wildman–Crippen MR) is 92.3 cm³/mol. The van der Waals surface area contributed by atoms with Gasteiger partial charge in [-0.25, -0.2) is 17.8 Å². The minimum atomic E-state index is -3.62. The van der Waals surface area contributed by atoms with Crippen molar-refractivity contribution in [2.45, 2.75) is 6.92 Å². The van der Waals surface area contributed by atoms with Crippen LogP contribution in [0.3, 0.4) is 0 Å². The molecule has 1 heterocycles. The number of hydrogen-bond donors (Lipinski definition) is 1. The van der Waals surface area contributed by atoms with Crippen molar-refractivity contribution >= 4 is 38.7 Å². The molecule has 23 heavy (non-hydrogen) atoms. The summed E-state index contributed by atoms with van der Waals surface area (Å²) in [5.41, 5.74) is 2.38. The van der Waals surface area contributed by atoms with Gasteiger partial charge in [-0.2, -0.15) is 0 Å². The lowest BCUT2D eigenvalue weighted by atomic mass is 10.2. The zero-order valence-corrected chi connectivity index (χ0v) is 13.8. The lowest BCUT2D eigenvalue weighted by Crippen LogP contribution is -2.19. The molecular weight excluding hydrogens is 335 g/mol. The van der Waals surface area contributed by atoms with Crippen molar-refractivity contribution in [3.8, 4) is 0 Å². The molecule has 0 radical (unpaired) electrons. The number of hydrogen-bond acceptors (Lipinski definition) is 4. The first-order valence-corrected chi connectivity index (χ1v) is 9.06. The van der Waals surface area contributed by atoms with E-state index in [2.05, 4.69) is 9.71 Å². The number of aryl methyl sites for hydroxylation is 1. The standard InChI is InChI=1S/C16H13FN2O2S2/c1-11-2-8-14(9-3-11)18-16-19-23(20,21)15(22-16)10-12-4-6-13(17)7-5-12/h2-10H,1H3,(H,18,19). The van der Waals surface area contributed by atoms with Gasteiger partial charge in [-0.15, -0.1) is 0 Å². The second-order valence-electron chi connectivity index (χ2n) is 4.97. The number of thioether (sulfide) groups is 1. The minimum Gasteiger partial charge on any atom is -0.257 e. The molecule has 0 aromatic heterocycles. The number of halogens is 1. The second kappa shape index (κ2) is 6.17. The third kappa shape index (κ3) is 3.80. The number of aliphatic imine (C=N–C) groups is 1. The molecule has 0 saturated carbocycles. The molecule has 0 spiro atoms. The Kier molecular flexibility index (Phi) is 4.23. The maximum Gasteiger partial charge on any atom is 0.269 e. The average molecular weight is 348 g/mol. The fraction of sp³-hybridized carbons (Fsp3) is 0.0625. The summed E-state index contributed by atoms with van der Waals surface area (Å²) in [5.74, 6) is -0.367. The van der Waals surface area contributed by atoms with Crippen LogP contribution in [-0.4, -0.2) is 13.6 Å². The summed E-state index contributed by atoms with van der Waals surface area (Å²) in [5, 5.41) is 0.294. The van der Waals surface area contributed by atoms with Gasteiger partial charge >= 0.3 is 0 Å². The van der Waals surface area contributed by atoms with E-state index in [0.717, 1.165) is 17.3 Å². The smallest absolute Gasteiger partial charge is 0.257 e. The van der Waals surface area contributed by atoms with Crippen LogP contribution in [0.1, 0.15) is 11.1 Å². The van der Waals surface area contributed by atoms with Gasteiger partial charge in [0.1, 0.15) is 10.1 Å². The maximum atomic E-state index is 12.9. The SMILES string of the molecule is Cc1ccc(N=C2NS(=O)(=O)C(=Cc3ccc(F)cc3)S2)cc1. The summed E-state index contributed by atoms with van der Waals surface area (Å²) >= 11 is 1.03. The first-order valence-electron chi connectivity index (χ1n) is 6.76. The van der Waals surface area contributed by atoms with E-state index in [1.807, 2.05) is 31.2 Å². The molecule has 0 amide bonds. The highest BCUT2D eigenvalue weighted by molar-refractivity contribution is 8.31. The molecule has 0 unspecified atom stereocenters. The van der Waals surface area contributed by atoms with Crippen molar-refractivity contribution in [2.24, 2.45) is 4.99 Å². The number of rotatable bonds is 2. The molecule has 1 fully saturated rings. The average Bonchev–Trinajstić information content (AvgIpc) is 2.78. The van der Waals surface area contributed by atoms with Crippen LogP contribution < -0.4 is 4.72 Å². The van der Waals surface area contributed by atoms with Gasteiger partial charge in [-0.05, 0) is 54.6 Å². The first-order chi connectivity index (χ1) is 10.9. The highest BCUT2D eigenvalue weighted by Crippen LogP contribution is 2.32. The molecule has 0 bridgehead atoms. The predicted octanol–water partition coefficient (Wildman–Crippen LogP) is 3.79. The number of nitrogens with zero attached hydrogens (tertiary/aromatic N) is 1. The molecule has 1 aliphatic rings. The van der Waals surface area contributed by atoms with Crippen LogP contribution in [0, 0.1) is 12.7 Å². The zero-order valence-electron chi connectivity index (χ0n) is 12.2. The fourth-order valence-electron chi connectivity index (χ4n) is 1.92. The van der Waals surface area contributed by atoms with E-state index in [-0.39, 0.29) is 10.1 Å². The van der Waals surface area contributed by atoms with Crippen LogP contribution >= 0.6 is 11.8 Å². The third-order valence-electron chi connectivity index (χ3n) is 3.10. The van der Waals surface area contributed by atoms with Crippen LogP contribution in [0.2, 0.25) is 0 Å². The van der Waals surface area contributed by atoms with Gasteiger partial charge in [0.15, 0.2) is 5.17 Å². The molecule has 0 atom stereocenters. The molecule has 2 aromatic carbocycles. The third-order valence-corrected chi connectivity index (χ3v) is 5.96. The van der Waals surface area contributed by atoms with E-state index in [4.69, 9.17) is 0 Å². The molecule has 3 rings (SSSR count). The summed E-state index contributed by atoms with van der Waals surface area (Å²) < 4.78 is 39.7. The van der Waals surface area contributed by atoms with Crippen molar-refractivity contribution in [3.63, 3.8) is 0 Å². The zero-order chi connectivity index (χ0) is 16.4. The maximum absolute atomic E-state index is 12.9. The van der Waals surface area contributed by atoms with E-state index < -0.39 is 10.0 Å². The summed E-state index contributed by atoms with van der Waals surface area (Å²) in [6.07, 6.45) is 1.49. The molecular formula is C16H13FN2O2S2. The van der Waals surface area contributed by atoms with E-state index in [0.29, 0.717) is 16.4 Å². The Hall–Kier alpha value is -2.12. The van der Waals surface area contributed by atoms with E-state index in [9.17, 15) is 12.8 Å². The normalized spacial score (nSPS) is 19.9. The van der Waals surface area contributed by atoms with Gasteiger partial charge in [0, 0.05) is 0 Å². The highest BCUT2D eigenvalue weighted by Gasteiger charge is 2.30. The van der Waals surface area contributed by atoms with Gasteiger partial charge in [0.05, 0.1) is 5.69 Å². The lowest BCUT2D eigenvalue weighted by molar-refractivity contribution is 0.602. The van der Waals surface area contributed by atoms with Crippen molar-refractivity contribution in [1.29, 1.82) is 0 Å². The molecule has 0 aliphatic carbocycles. The van der Waals surface area contributed by atoms with Gasteiger partial charge in [-0.1, -0.05) is 29.8 Å². The Morgan fingerprint density at radius 1 is 1.09 bits per heavy atom. The number of benzene rings is 2. The molecule has 4 nitrogen and oxygen atoms in total. The number of nitrogens with one attached hydrogen (secondary N) is 1. The molecule has 1 N–H and O–H groups in total. The van der Waals surface area contributed by atoms with Crippen LogP contribution in [0.25, 0.3) is 6.08 Å². The van der Waals surface area contributed by atoms with Crippen LogP contribution in [-0.2, 0) is 10.0 Å². The van der Waals surface area contributed by atoms with Crippen molar-refractivity contribution in [1.82, 2.24) is 4.72 Å². The quantitative estimate of drug-likeness (QED) is 0.898. The Labute approximate surface area is 138 Å². The largest absolute Gasteiger partial charge is 0.269 e. The molecule has 1 saturated heterocycles. The van der Waals surface area contributed by atoms with Gasteiger partial charge in [-0.3, -0.25) is 4.72 Å². The molecule has 2 aromatic rings. The second-order valence-corrected chi connectivity index (χ2v) is 7.91. The van der Waals surface area contributed by atoms with E-state index >= 15 is 0 Å². The monoisotopic (exact) mass is 348 g/mol. The van der Waals surface area contributed by atoms with Crippen LogP contribution in [0.4, 0.5) is 10.1 Å². The van der Waals surface area contributed by atoms with E-state index in [1.165, 1.54) is 30.3 Å². The van der Waals surface area contributed by atoms with Gasteiger partial charge < -0.3 is 0 Å². The van der Waals surface area contributed by atoms with Crippen molar-refractivity contribution in [2.75, 3.05) is 0 Å². The Morgan fingerprint density at radius 2 is 1.74 bits per heavy atom. The Balaban J connectivity index is 1.89. The molecule has 118 valence electrons. The number of amidine groups is 1. The first kappa shape index (κ1) is 15.8. The van der Waals surface area contributed by atoms with Gasteiger partial charge in [0.2, 0.25) is 0 Å². The van der Waals surface area contributed by atoms with Crippen LogP contribution in [0.15, 0.2) is 57.8 Å². The summed E-state index contributed by atoms with van der Waals surface area (Å²) in [4.78, 5) is 4.29. The van der Waals surface area contributed by atoms with Crippen molar-refractivity contribution < 1.29 is 12.8 Å². The topological polar surface area (TPSA) is 58.5 Å². The van der Waals surface area contributed by atoms with Gasteiger partial charge in [0.25, 0.3) is 10.0 Å². The van der Waals surface area contributed by atoms with Crippen LogP contribution in [0.5, 0.6) is 0 Å². The number of sulfonamides is 1. The lowest BCUT2D eigenvalue weighted by Gasteiger charge is -1.97. The Morgan fingerprint density at radius 3 is 2.39 bits per heavy atom. The minimum absolute atomic E-state index is 0.134. The highest BCUT2D eigenvalue weighted by atomic mass is 32.3. The molecule has 7 heteroatoms. The van der Waals surface area contributed by atoms with E-state index in [1.54, 1.807) is 0 Å². The van der Waals surface area contributed by atoms with Crippen molar-refractivity contribution in [3.05, 3.63) is 69.7 Å². The summed E-state index contributed by atoms with van der Waals surface area (Å²) in [7, 11) is -3.62. The fourth-order valence-corrected chi connectivity index (χ4v) is 4.42. The summed E-state index contributed by atoms with van der Waals surface area (Å²) in [6.45, 7) is 1.97.